The second-order valence-corrected chi connectivity index (χ2v) is 3.69. The molecule has 0 aromatic heterocycles. The molecule has 0 aliphatic heterocycles. The lowest BCUT2D eigenvalue weighted by Crippen LogP contribution is -2.06. The maximum absolute atomic E-state index is 12.4. The van der Waals surface area contributed by atoms with E-state index >= 15 is 0 Å². The van der Waals surface area contributed by atoms with Gasteiger partial charge in [-0.05, 0) is 30.5 Å². The fourth-order valence-electron chi connectivity index (χ4n) is 1.38. The molecular weight excluding hydrogens is 241 g/mol. The maximum atomic E-state index is 12.4. The quantitative estimate of drug-likeness (QED) is 0.739. The van der Waals surface area contributed by atoms with Crippen LogP contribution >= 0.6 is 11.6 Å². The first kappa shape index (κ1) is 13.2. The standard InChI is InChI=1S/C11H12ClF3O/c1-16-10-7-9(11(13,14)15)5-4-8(10)3-2-6-12/h4-5,7H,2-3,6H2,1H3. The summed E-state index contributed by atoms with van der Waals surface area (Å²) in [5, 5.41) is 0. The number of aryl methyl sites for hydroxylation is 1. The van der Waals surface area contributed by atoms with Crippen LogP contribution < -0.4 is 4.74 Å². The third kappa shape index (κ3) is 3.30. The number of rotatable bonds is 4. The van der Waals surface area contributed by atoms with Crippen molar-refractivity contribution in [2.45, 2.75) is 19.0 Å². The molecule has 0 aliphatic rings. The largest absolute Gasteiger partial charge is 0.496 e. The van der Waals surface area contributed by atoms with Crippen molar-refractivity contribution in [1.82, 2.24) is 0 Å². The van der Waals surface area contributed by atoms with Crippen LogP contribution in [0.25, 0.3) is 0 Å². The van der Waals surface area contributed by atoms with Gasteiger partial charge in [0.2, 0.25) is 0 Å². The maximum Gasteiger partial charge on any atom is 0.416 e. The molecule has 0 saturated heterocycles. The van der Waals surface area contributed by atoms with Gasteiger partial charge in [0.05, 0.1) is 12.7 Å². The Morgan fingerprint density at radius 3 is 2.50 bits per heavy atom. The summed E-state index contributed by atoms with van der Waals surface area (Å²) in [5.74, 6) is 0.740. The van der Waals surface area contributed by atoms with E-state index in [4.69, 9.17) is 16.3 Å². The number of hydrogen-bond acceptors (Lipinski definition) is 1. The number of halogens is 4. The van der Waals surface area contributed by atoms with Crippen LogP contribution in [-0.4, -0.2) is 13.0 Å². The van der Waals surface area contributed by atoms with E-state index in [9.17, 15) is 13.2 Å². The van der Waals surface area contributed by atoms with Gasteiger partial charge in [-0.2, -0.15) is 13.2 Å². The lowest BCUT2D eigenvalue weighted by molar-refractivity contribution is -0.137. The monoisotopic (exact) mass is 252 g/mol. The third-order valence-electron chi connectivity index (χ3n) is 2.19. The minimum atomic E-state index is -4.34. The van der Waals surface area contributed by atoms with Crippen LogP contribution in [0, 0.1) is 0 Å². The Bertz CT molecular complexity index is 350. The van der Waals surface area contributed by atoms with Crippen LogP contribution in [0.3, 0.4) is 0 Å². The Morgan fingerprint density at radius 1 is 1.31 bits per heavy atom. The zero-order chi connectivity index (χ0) is 12.2. The van der Waals surface area contributed by atoms with E-state index in [0.717, 1.165) is 17.7 Å². The Morgan fingerprint density at radius 2 is 2.00 bits per heavy atom. The summed E-state index contributed by atoms with van der Waals surface area (Å²) >= 11 is 5.53. The molecule has 5 heteroatoms. The van der Waals surface area contributed by atoms with Crippen LogP contribution in [0.2, 0.25) is 0 Å². The van der Waals surface area contributed by atoms with E-state index in [1.54, 1.807) is 0 Å². The van der Waals surface area contributed by atoms with Gasteiger partial charge in [0.25, 0.3) is 0 Å². The Labute approximate surface area is 97.2 Å². The average molecular weight is 253 g/mol. The summed E-state index contributed by atoms with van der Waals surface area (Å²) in [6.45, 7) is 0. The molecular formula is C11H12ClF3O. The topological polar surface area (TPSA) is 9.23 Å². The van der Waals surface area contributed by atoms with Gasteiger partial charge in [0.1, 0.15) is 5.75 Å². The molecule has 0 unspecified atom stereocenters. The molecule has 1 aromatic carbocycles. The van der Waals surface area contributed by atoms with Gasteiger partial charge in [-0.1, -0.05) is 6.07 Å². The van der Waals surface area contributed by atoms with Gasteiger partial charge in [0.15, 0.2) is 0 Å². The summed E-state index contributed by atoms with van der Waals surface area (Å²) in [5.41, 5.74) is 0.0510. The Balaban J connectivity index is 2.97. The highest BCUT2D eigenvalue weighted by molar-refractivity contribution is 6.17. The number of benzene rings is 1. The fourth-order valence-corrected chi connectivity index (χ4v) is 1.52. The normalized spacial score (nSPS) is 11.6. The molecule has 0 aliphatic carbocycles. The zero-order valence-corrected chi connectivity index (χ0v) is 9.53. The highest BCUT2D eigenvalue weighted by Gasteiger charge is 2.31. The number of alkyl halides is 4. The molecule has 90 valence electrons. The molecule has 0 saturated carbocycles. The molecule has 0 N–H and O–H groups in total. The first-order valence-corrected chi connectivity index (χ1v) is 5.32. The van der Waals surface area contributed by atoms with Crippen LogP contribution in [0.15, 0.2) is 18.2 Å². The average Bonchev–Trinajstić information content (AvgIpc) is 2.24. The molecule has 0 heterocycles. The van der Waals surface area contributed by atoms with E-state index in [1.165, 1.54) is 13.2 Å². The van der Waals surface area contributed by atoms with Gasteiger partial charge >= 0.3 is 6.18 Å². The van der Waals surface area contributed by atoms with Crippen molar-refractivity contribution in [3.05, 3.63) is 29.3 Å². The van der Waals surface area contributed by atoms with Gasteiger partial charge in [-0.3, -0.25) is 0 Å². The van der Waals surface area contributed by atoms with Crippen molar-refractivity contribution < 1.29 is 17.9 Å². The Kier molecular flexibility index (Phi) is 4.47. The second-order valence-electron chi connectivity index (χ2n) is 3.32. The highest BCUT2D eigenvalue weighted by Crippen LogP contribution is 2.33. The van der Waals surface area contributed by atoms with Crippen molar-refractivity contribution in [1.29, 1.82) is 0 Å². The predicted octanol–water partition coefficient (Wildman–Crippen LogP) is 3.89. The molecule has 0 bridgehead atoms. The molecule has 0 radical (unpaired) electrons. The van der Waals surface area contributed by atoms with Crippen LogP contribution in [0.4, 0.5) is 13.2 Å². The summed E-state index contributed by atoms with van der Waals surface area (Å²) in [6.07, 6.45) is -3.01. The molecule has 1 nitrogen and oxygen atoms in total. The van der Waals surface area contributed by atoms with Gasteiger partial charge < -0.3 is 4.74 Å². The molecule has 0 spiro atoms. The zero-order valence-electron chi connectivity index (χ0n) is 8.77. The fraction of sp³-hybridized carbons (Fsp3) is 0.455. The smallest absolute Gasteiger partial charge is 0.416 e. The van der Waals surface area contributed by atoms with Crippen LogP contribution in [0.1, 0.15) is 17.5 Å². The van der Waals surface area contributed by atoms with Crippen molar-refractivity contribution in [3.8, 4) is 5.75 Å². The molecule has 0 amide bonds. The lowest BCUT2D eigenvalue weighted by Gasteiger charge is -2.12. The first-order valence-electron chi connectivity index (χ1n) is 4.79. The minimum Gasteiger partial charge on any atom is -0.496 e. The number of hydrogen-bond donors (Lipinski definition) is 0. The summed E-state index contributed by atoms with van der Waals surface area (Å²) < 4.78 is 42.2. The first-order chi connectivity index (χ1) is 7.49. The van der Waals surface area contributed by atoms with E-state index < -0.39 is 11.7 Å². The molecule has 1 rings (SSSR count). The SMILES string of the molecule is COc1cc(C(F)(F)F)ccc1CCCCl. The number of ether oxygens (including phenoxy) is 1. The minimum absolute atomic E-state index is 0.264. The van der Waals surface area contributed by atoms with Crippen molar-refractivity contribution in [3.63, 3.8) is 0 Å². The van der Waals surface area contributed by atoms with Crippen LogP contribution in [0.5, 0.6) is 5.75 Å². The van der Waals surface area contributed by atoms with Crippen molar-refractivity contribution in [2.24, 2.45) is 0 Å². The van der Waals surface area contributed by atoms with Gasteiger partial charge in [-0.25, -0.2) is 0 Å². The van der Waals surface area contributed by atoms with Crippen molar-refractivity contribution in [2.75, 3.05) is 13.0 Å². The lowest BCUT2D eigenvalue weighted by atomic mass is 10.1. The Hall–Kier alpha value is -0.900. The van der Waals surface area contributed by atoms with Crippen molar-refractivity contribution >= 4 is 11.6 Å². The van der Waals surface area contributed by atoms with Crippen LogP contribution in [-0.2, 0) is 12.6 Å². The van der Waals surface area contributed by atoms with Gasteiger partial charge in [0, 0.05) is 5.88 Å². The molecule has 0 atom stereocenters. The van der Waals surface area contributed by atoms with E-state index in [2.05, 4.69) is 0 Å². The third-order valence-corrected chi connectivity index (χ3v) is 2.46. The molecule has 16 heavy (non-hydrogen) atoms. The predicted molar refractivity (Wildman–Crippen MR) is 57.0 cm³/mol. The van der Waals surface area contributed by atoms with E-state index in [0.29, 0.717) is 18.7 Å². The second kappa shape index (κ2) is 5.43. The van der Waals surface area contributed by atoms with Gasteiger partial charge in [-0.15, -0.1) is 11.6 Å². The summed E-state index contributed by atoms with van der Waals surface area (Å²) in [7, 11) is 1.36. The summed E-state index contributed by atoms with van der Waals surface area (Å²) in [4.78, 5) is 0. The summed E-state index contributed by atoms with van der Waals surface area (Å²) in [6, 6.07) is 3.52. The molecule has 1 aromatic rings. The van der Waals surface area contributed by atoms with E-state index in [1.807, 2.05) is 0 Å². The highest BCUT2D eigenvalue weighted by atomic mass is 35.5. The van der Waals surface area contributed by atoms with E-state index in [-0.39, 0.29) is 5.75 Å². The number of methoxy groups -OCH3 is 1. The molecule has 0 fully saturated rings.